The Labute approximate surface area is 262 Å². The van der Waals surface area contributed by atoms with E-state index in [2.05, 4.69) is 9.80 Å². The van der Waals surface area contributed by atoms with Crippen LogP contribution in [0.2, 0.25) is 0 Å². The summed E-state index contributed by atoms with van der Waals surface area (Å²) in [6.45, 7) is 7.30. The van der Waals surface area contributed by atoms with Gasteiger partial charge in [0, 0.05) is 35.2 Å². The van der Waals surface area contributed by atoms with Crippen LogP contribution < -0.4 is 4.74 Å². The first-order valence-electron chi connectivity index (χ1n) is 15.5. The number of alkyl halides is 3. The van der Waals surface area contributed by atoms with E-state index in [-0.39, 0.29) is 57.3 Å². The first kappa shape index (κ1) is 33.2. The Kier molecular flexibility index (Phi) is 10.0. The van der Waals surface area contributed by atoms with Gasteiger partial charge in [0.15, 0.2) is 9.84 Å². The number of ether oxygens (including phenoxy) is 2. The van der Waals surface area contributed by atoms with Crippen LogP contribution in [0, 0.1) is 0 Å². The van der Waals surface area contributed by atoms with Crippen molar-refractivity contribution in [3.05, 3.63) is 53.1 Å². The Balaban J connectivity index is 1.69. The summed E-state index contributed by atoms with van der Waals surface area (Å²) in [6.07, 6.45) is 0.944. The minimum Gasteiger partial charge on any atom is -0.492 e. The van der Waals surface area contributed by atoms with Crippen molar-refractivity contribution >= 4 is 26.7 Å². The molecule has 2 fully saturated rings. The molecule has 1 aromatic heterocycles. The lowest BCUT2D eigenvalue weighted by atomic mass is 9.94. The summed E-state index contributed by atoms with van der Waals surface area (Å²) in [5.74, 6) is -0.851. The molecule has 2 aliphatic heterocycles. The average Bonchev–Trinajstić information content (AvgIpc) is 3.04. The first-order valence-corrected chi connectivity index (χ1v) is 17.2. The second kappa shape index (κ2) is 13.6. The first-order chi connectivity index (χ1) is 21.5. The third kappa shape index (κ3) is 7.12. The number of sulfone groups is 1. The Bertz CT molecular complexity index is 1650. The number of halogens is 3. The molecule has 0 radical (unpaired) electrons. The summed E-state index contributed by atoms with van der Waals surface area (Å²) in [6, 6.07) is 8.18. The van der Waals surface area contributed by atoms with Crippen LogP contribution in [0.1, 0.15) is 67.4 Å². The van der Waals surface area contributed by atoms with E-state index in [4.69, 9.17) is 14.5 Å². The number of pyridine rings is 1. The zero-order valence-electron chi connectivity index (χ0n) is 26.0. The SMILES string of the molecule is CCOc1cc2nc(-c3cccc(C(F)(F)F)c3)c(CN3CCC(N4CCCCC4)CC3)c(C(=O)OC)c2cc1S(=O)(=O)CC. The molecule has 2 saturated heterocycles. The van der Waals surface area contributed by atoms with E-state index in [0.29, 0.717) is 11.6 Å². The summed E-state index contributed by atoms with van der Waals surface area (Å²) < 4.78 is 78.6. The fourth-order valence-electron chi connectivity index (χ4n) is 6.50. The molecule has 244 valence electrons. The van der Waals surface area contributed by atoms with Gasteiger partial charge >= 0.3 is 12.1 Å². The molecule has 0 amide bonds. The van der Waals surface area contributed by atoms with Gasteiger partial charge in [-0.15, -0.1) is 0 Å². The number of carbonyl (C=O) groups excluding carboxylic acids is 1. The van der Waals surface area contributed by atoms with Crippen molar-refractivity contribution in [3.63, 3.8) is 0 Å². The van der Waals surface area contributed by atoms with Gasteiger partial charge in [-0.3, -0.25) is 4.90 Å². The van der Waals surface area contributed by atoms with Crippen molar-refractivity contribution in [1.29, 1.82) is 0 Å². The molecule has 3 heterocycles. The summed E-state index contributed by atoms with van der Waals surface area (Å²) >= 11 is 0. The highest BCUT2D eigenvalue weighted by Crippen LogP contribution is 2.39. The van der Waals surface area contributed by atoms with Gasteiger partial charge in [-0.2, -0.15) is 13.2 Å². The minimum atomic E-state index is -4.58. The molecule has 0 bridgehead atoms. The molecule has 45 heavy (non-hydrogen) atoms. The van der Waals surface area contributed by atoms with Crippen LogP contribution in [0.5, 0.6) is 5.75 Å². The van der Waals surface area contributed by atoms with Crippen LogP contribution in [0.3, 0.4) is 0 Å². The maximum absolute atomic E-state index is 13.8. The predicted molar refractivity (Wildman–Crippen MR) is 166 cm³/mol. The standard InChI is InChI=1S/C33H40F3N3O5S/c1-4-44-28-20-27-25(19-29(28)45(41,42)5-2)30(32(40)43-3)26(31(37-27)22-10-9-11-23(18-22)33(34,35)36)21-38-16-12-24(13-17-38)39-14-7-6-8-15-39/h9-11,18-20,24H,4-8,12-17,21H2,1-3H3. The van der Waals surface area contributed by atoms with Crippen molar-refractivity contribution < 1.29 is 35.9 Å². The number of carbonyl (C=O) groups is 1. The average molecular weight is 648 g/mol. The maximum atomic E-state index is 13.8. The molecular weight excluding hydrogens is 607 g/mol. The van der Waals surface area contributed by atoms with E-state index in [0.717, 1.165) is 51.2 Å². The lowest BCUT2D eigenvalue weighted by Crippen LogP contribution is -2.46. The lowest BCUT2D eigenvalue weighted by Gasteiger charge is -2.40. The van der Waals surface area contributed by atoms with E-state index in [1.54, 1.807) is 6.92 Å². The Hall–Kier alpha value is -3.22. The van der Waals surface area contributed by atoms with E-state index in [9.17, 15) is 26.4 Å². The van der Waals surface area contributed by atoms with Gasteiger partial charge < -0.3 is 14.4 Å². The van der Waals surface area contributed by atoms with E-state index < -0.39 is 27.5 Å². The lowest BCUT2D eigenvalue weighted by molar-refractivity contribution is -0.137. The van der Waals surface area contributed by atoms with Crippen molar-refractivity contribution in [2.75, 3.05) is 45.6 Å². The van der Waals surface area contributed by atoms with Crippen LogP contribution in [-0.2, 0) is 27.3 Å². The monoisotopic (exact) mass is 647 g/mol. The van der Waals surface area contributed by atoms with Crippen LogP contribution in [-0.4, -0.2) is 80.9 Å². The molecule has 0 aliphatic carbocycles. The van der Waals surface area contributed by atoms with Gasteiger partial charge in [0.05, 0.1) is 41.8 Å². The Morgan fingerprint density at radius 1 is 1.02 bits per heavy atom. The molecule has 0 saturated carbocycles. The van der Waals surface area contributed by atoms with E-state index in [1.165, 1.54) is 57.6 Å². The number of esters is 1. The molecular formula is C33H40F3N3O5S. The summed E-state index contributed by atoms with van der Waals surface area (Å²) in [4.78, 5) is 23.0. The van der Waals surface area contributed by atoms with Gasteiger partial charge in [-0.1, -0.05) is 25.5 Å². The quantitative estimate of drug-likeness (QED) is 0.249. The fraction of sp³-hybridized carbons (Fsp3) is 0.515. The predicted octanol–water partition coefficient (Wildman–Crippen LogP) is 6.35. The van der Waals surface area contributed by atoms with Crippen molar-refractivity contribution in [1.82, 2.24) is 14.8 Å². The smallest absolute Gasteiger partial charge is 0.416 e. The fourth-order valence-corrected chi connectivity index (χ4v) is 7.53. The molecule has 0 atom stereocenters. The molecule has 2 aliphatic rings. The molecule has 0 spiro atoms. The third-order valence-corrected chi connectivity index (χ3v) is 10.6. The number of aromatic nitrogens is 1. The van der Waals surface area contributed by atoms with E-state index in [1.807, 2.05) is 0 Å². The highest BCUT2D eigenvalue weighted by molar-refractivity contribution is 7.91. The Morgan fingerprint density at radius 3 is 2.36 bits per heavy atom. The van der Waals surface area contributed by atoms with Gasteiger partial charge in [0.25, 0.3) is 0 Å². The normalized spacial score (nSPS) is 17.5. The second-order valence-corrected chi connectivity index (χ2v) is 13.9. The summed E-state index contributed by atoms with van der Waals surface area (Å²) in [5, 5.41) is 0.242. The van der Waals surface area contributed by atoms with E-state index >= 15 is 0 Å². The zero-order valence-corrected chi connectivity index (χ0v) is 26.8. The van der Waals surface area contributed by atoms with Crippen LogP contribution in [0.4, 0.5) is 13.2 Å². The molecule has 5 rings (SSSR count). The molecule has 8 nitrogen and oxygen atoms in total. The topological polar surface area (TPSA) is 89.0 Å². The molecule has 2 aromatic carbocycles. The number of hydrogen-bond donors (Lipinski definition) is 0. The molecule has 12 heteroatoms. The number of hydrogen-bond acceptors (Lipinski definition) is 8. The van der Waals surface area contributed by atoms with Gasteiger partial charge in [-0.05, 0) is 77.0 Å². The second-order valence-electron chi connectivity index (χ2n) is 11.6. The minimum absolute atomic E-state index is 0.0673. The molecule has 3 aromatic rings. The van der Waals surface area contributed by atoms with Crippen LogP contribution >= 0.6 is 0 Å². The largest absolute Gasteiger partial charge is 0.492 e. The molecule has 0 unspecified atom stereocenters. The summed E-state index contributed by atoms with van der Waals surface area (Å²) in [7, 11) is -2.55. The zero-order chi connectivity index (χ0) is 32.4. The third-order valence-electron chi connectivity index (χ3n) is 8.86. The number of fused-ring (bicyclic) bond motifs is 1. The Morgan fingerprint density at radius 2 is 1.73 bits per heavy atom. The number of piperidine rings is 2. The summed E-state index contributed by atoms with van der Waals surface area (Å²) in [5.41, 5.74) is 0.264. The number of likely N-dealkylation sites (tertiary alicyclic amines) is 2. The maximum Gasteiger partial charge on any atom is 0.416 e. The highest BCUT2D eigenvalue weighted by Gasteiger charge is 2.33. The highest BCUT2D eigenvalue weighted by atomic mass is 32.2. The van der Waals surface area contributed by atoms with Crippen LogP contribution in [0.25, 0.3) is 22.2 Å². The van der Waals surface area contributed by atoms with Crippen molar-refractivity contribution in [2.45, 2.75) is 69.6 Å². The number of nitrogens with zero attached hydrogens (tertiary/aromatic N) is 3. The van der Waals surface area contributed by atoms with Gasteiger partial charge in [0.2, 0.25) is 0 Å². The van der Waals surface area contributed by atoms with Crippen molar-refractivity contribution in [3.8, 4) is 17.0 Å². The number of benzene rings is 2. The van der Waals surface area contributed by atoms with Crippen LogP contribution in [0.15, 0.2) is 41.3 Å². The van der Waals surface area contributed by atoms with Gasteiger partial charge in [-0.25, -0.2) is 18.2 Å². The number of rotatable bonds is 9. The van der Waals surface area contributed by atoms with Gasteiger partial charge in [0.1, 0.15) is 10.6 Å². The van der Waals surface area contributed by atoms with Crippen molar-refractivity contribution in [2.24, 2.45) is 0 Å². The number of methoxy groups -OCH3 is 1. The molecule has 0 N–H and O–H groups in total.